The van der Waals surface area contributed by atoms with Gasteiger partial charge in [0.15, 0.2) is 11.5 Å². The molecule has 0 spiro atoms. The Balaban J connectivity index is 2.51. The predicted octanol–water partition coefficient (Wildman–Crippen LogP) is 5.44. The number of carbonyl (C=O) groups is 3. The maximum atomic E-state index is 12.1. The van der Waals surface area contributed by atoms with Gasteiger partial charge in [-0.3, -0.25) is 0 Å². The third-order valence-electron chi connectivity index (χ3n) is 4.16. The monoisotopic (exact) mass is 432 g/mol. The normalized spacial score (nSPS) is 9.97. The minimum Gasteiger partial charge on any atom is -0.423 e. The van der Waals surface area contributed by atoms with Gasteiger partial charge in [-0.1, -0.05) is 44.5 Å². The van der Waals surface area contributed by atoms with Crippen molar-refractivity contribution < 1.29 is 28.6 Å². The van der Waals surface area contributed by atoms with Crippen LogP contribution in [-0.2, 0) is 14.4 Å². The van der Waals surface area contributed by atoms with E-state index in [1.54, 1.807) is 43.3 Å². The quantitative estimate of drug-likeness (QED) is 0.314. The average molecular weight is 432 g/mol. The second-order valence-corrected chi connectivity index (χ2v) is 7.12. The summed E-state index contributed by atoms with van der Waals surface area (Å²) < 4.78 is 15.9. The van der Waals surface area contributed by atoms with Crippen molar-refractivity contribution in [1.82, 2.24) is 0 Å². The Labute approximate surface area is 187 Å². The van der Waals surface area contributed by atoms with Gasteiger partial charge in [0.25, 0.3) is 0 Å². The highest BCUT2D eigenvalue weighted by Crippen LogP contribution is 2.36. The zero-order valence-corrected chi connectivity index (χ0v) is 18.3. The molecule has 6 heteroatoms. The van der Waals surface area contributed by atoms with Gasteiger partial charge in [0.2, 0.25) is 0 Å². The van der Waals surface area contributed by atoms with Gasteiger partial charge in [0.05, 0.1) is 0 Å². The highest BCUT2D eigenvalue weighted by molar-refractivity contribution is 5.92. The molecule has 0 heterocycles. The summed E-state index contributed by atoms with van der Waals surface area (Å²) in [7, 11) is 0. The van der Waals surface area contributed by atoms with Crippen molar-refractivity contribution in [2.24, 2.45) is 0 Å². The summed E-state index contributed by atoms with van der Waals surface area (Å²) in [5.74, 6) is -1.42. The topological polar surface area (TPSA) is 78.9 Å². The zero-order chi connectivity index (χ0) is 24.0. The second-order valence-electron chi connectivity index (χ2n) is 7.12. The van der Waals surface area contributed by atoms with Crippen LogP contribution in [0.15, 0.2) is 79.4 Å². The van der Waals surface area contributed by atoms with Gasteiger partial charge in [-0.15, -0.1) is 0 Å². The van der Waals surface area contributed by atoms with E-state index in [9.17, 15) is 14.4 Å². The summed E-state index contributed by atoms with van der Waals surface area (Å²) >= 11 is 0. The lowest BCUT2D eigenvalue weighted by Crippen LogP contribution is -2.12. The average Bonchev–Trinajstić information content (AvgIpc) is 2.74. The Morgan fingerprint density at radius 2 is 1.25 bits per heavy atom. The van der Waals surface area contributed by atoms with Crippen molar-refractivity contribution in [2.75, 3.05) is 0 Å². The number of ether oxygens (including phenoxy) is 3. The molecular formula is C26H24O6. The van der Waals surface area contributed by atoms with Gasteiger partial charge < -0.3 is 14.2 Å². The number of carbonyl (C=O) groups excluding carboxylic acids is 3. The van der Waals surface area contributed by atoms with Gasteiger partial charge >= 0.3 is 17.9 Å². The first-order chi connectivity index (χ1) is 15.0. The van der Waals surface area contributed by atoms with Crippen LogP contribution < -0.4 is 14.2 Å². The van der Waals surface area contributed by atoms with Crippen molar-refractivity contribution in [3.05, 3.63) is 85.0 Å². The van der Waals surface area contributed by atoms with E-state index < -0.39 is 17.9 Å². The van der Waals surface area contributed by atoms with E-state index in [1.165, 1.54) is 19.9 Å². The summed E-state index contributed by atoms with van der Waals surface area (Å²) in [6.07, 6.45) is 1.60. The van der Waals surface area contributed by atoms with Crippen molar-refractivity contribution in [3.63, 3.8) is 0 Å². The predicted molar refractivity (Wildman–Crippen MR) is 123 cm³/mol. The molecule has 2 rings (SSSR count). The van der Waals surface area contributed by atoms with Gasteiger partial charge in [0, 0.05) is 16.7 Å². The molecular weight excluding hydrogens is 408 g/mol. The Morgan fingerprint density at radius 3 is 1.78 bits per heavy atom. The third-order valence-corrected chi connectivity index (χ3v) is 4.16. The smallest absolute Gasteiger partial charge is 0.338 e. The number of rotatable bonds is 8. The first-order valence-electron chi connectivity index (χ1n) is 9.57. The van der Waals surface area contributed by atoms with E-state index in [-0.39, 0.29) is 28.2 Å². The largest absolute Gasteiger partial charge is 0.423 e. The fourth-order valence-electron chi connectivity index (χ4n) is 2.44. The van der Waals surface area contributed by atoms with Crippen LogP contribution in [0.2, 0.25) is 0 Å². The molecule has 0 aliphatic heterocycles. The molecule has 0 fully saturated rings. The molecule has 164 valence electrons. The lowest BCUT2D eigenvalue weighted by molar-refractivity contribution is -0.132. The molecule has 0 bridgehead atoms. The Hall–Kier alpha value is -4.19. The first kappa shape index (κ1) is 24.1. The van der Waals surface area contributed by atoms with E-state index in [0.717, 1.165) is 5.56 Å². The summed E-state index contributed by atoms with van der Waals surface area (Å²) in [5.41, 5.74) is 2.69. The minimum atomic E-state index is -0.666. The molecule has 0 saturated carbocycles. The van der Waals surface area contributed by atoms with Crippen LogP contribution in [0.4, 0.5) is 0 Å². The molecule has 2 aromatic rings. The molecule has 6 nitrogen and oxygen atoms in total. The van der Waals surface area contributed by atoms with E-state index in [0.29, 0.717) is 16.9 Å². The van der Waals surface area contributed by atoms with Crippen LogP contribution in [0.1, 0.15) is 26.3 Å². The minimum absolute atomic E-state index is 0.0397. The number of hydrogen-bond acceptors (Lipinski definition) is 6. The van der Waals surface area contributed by atoms with Crippen LogP contribution in [0.25, 0.3) is 17.2 Å². The Bertz CT molecular complexity index is 1150. The van der Waals surface area contributed by atoms with Gasteiger partial charge in [-0.25, -0.2) is 14.4 Å². The number of benzene rings is 2. The summed E-state index contributed by atoms with van der Waals surface area (Å²) in [6.45, 7) is 19.1. The lowest BCUT2D eigenvalue weighted by atomic mass is 9.99. The molecule has 0 aromatic heterocycles. The molecule has 0 unspecified atom stereocenters. The Kier molecular flexibility index (Phi) is 7.69. The lowest BCUT2D eigenvalue weighted by Gasteiger charge is -2.14. The summed E-state index contributed by atoms with van der Waals surface area (Å²) in [4.78, 5) is 35.9. The molecule has 0 saturated heterocycles. The van der Waals surface area contributed by atoms with E-state index >= 15 is 0 Å². The van der Waals surface area contributed by atoms with Crippen LogP contribution in [0.5, 0.6) is 17.2 Å². The maximum absolute atomic E-state index is 12.1. The van der Waals surface area contributed by atoms with Crippen LogP contribution in [0.3, 0.4) is 0 Å². The maximum Gasteiger partial charge on any atom is 0.338 e. The molecule has 0 aliphatic rings. The van der Waals surface area contributed by atoms with Gasteiger partial charge in [-0.05, 0) is 61.7 Å². The third kappa shape index (κ3) is 5.92. The first-order valence-corrected chi connectivity index (χ1v) is 9.57. The van der Waals surface area contributed by atoms with Crippen LogP contribution in [0, 0.1) is 0 Å². The van der Waals surface area contributed by atoms with Crippen molar-refractivity contribution in [3.8, 4) is 28.4 Å². The molecule has 2 aromatic carbocycles. The van der Waals surface area contributed by atoms with Crippen LogP contribution >= 0.6 is 0 Å². The van der Waals surface area contributed by atoms with E-state index in [1.807, 2.05) is 0 Å². The standard InChI is InChI=1S/C26H24O6/c1-8-18-13-20(30-24(27)15(2)3)10-11-21(18)19-9-12-22(31-25(28)16(4)5)23(14-19)32-26(29)17(6)7/h8-14H,1-2,4,6H2,3,5,7H3. The summed E-state index contributed by atoms with van der Waals surface area (Å²) in [6, 6.07) is 9.77. The Morgan fingerprint density at radius 1 is 0.719 bits per heavy atom. The molecule has 0 radical (unpaired) electrons. The highest BCUT2D eigenvalue weighted by Gasteiger charge is 2.17. The molecule has 0 atom stereocenters. The number of esters is 3. The van der Waals surface area contributed by atoms with E-state index in [4.69, 9.17) is 14.2 Å². The molecule has 32 heavy (non-hydrogen) atoms. The SMILES string of the molecule is C=Cc1cc(OC(=O)C(=C)C)ccc1-c1ccc(OC(=O)C(=C)C)c(OC(=O)C(=C)C)c1. The molecule has 0 N–H and O–H groups in total. The van der Waals surface area contributed by atoms with Crippen molar-refractivity contribution in [2.45, 2.75) is 20.8 Å². The highest BCUT2D eigenvalue weighted by atomic mass is 16.6. The fourth-order valence-corrected chi connectivity index (χ4v) is 2.44. The van der Waals surface area contributed by atoms with Gasteiger partial charge in [-0.2, -0.15) is 0 Å². The van der Waals surface area contributed by atoms with Crippen LogP contribution in [-0.4, -0.2) is 17.9 Å². The van der Waals surface area contributed by atoms with Crippen molar-refractivity contribution in [1.29, 1.82) is 0 Å². The molecule has 0 amide bonds. The van der Waals surface area contributed by atoms with Gasteiger partial charge in [0.1, 0.15) is 5.75 Å². The fraction of sp³-hybridized carbons (Fsp3) is 0.115. The molecule has 0 aliphatic carbocycles. The number of hydrogen-bond donors (Lipinski definition) is 0. The summed E-state index contributed by atoms with van der Waals surface area (Å²) in [5, 5.41) is 0. The zero-order valence-electron chi connectivity index (χ0n) is 18.3. The van der Waals surface area contributed by atoms with E-state index in [2.05, 4.69) is 26.3 Å². The van der Waals surface area contributed by atoms with Crippen molar-refractivity contribution >= 4 is 24.0 Å². The second kappa shape index (κ2) is 10.2.